The van der Waals surface area contributed by atoms with Gasteiger partial charge in [-0.05, 0) is 74.9 Å². The summed E-state index contributed by atoms with van der Waals surface area (Å²) in [6.45, 7) is 5.01. The molecule has 4 aliphatic rings. The van der Waals surface area contributed by atoms with Crippen LogP contribution in [0.5, 0.6) is 0 Å². The summed E-state index contributed by atoms with van der Waals surface area (Å²) in [7, 11) is 1.47. The number of alkyl halides is 1. The van der Waals surface area contributed by atoms with Crippen molar-refractivity contribution in [3.05, 3.63) is 53.8 Å². The molecule has 0 saturated carbocycles. The molecule has 4 aliphatic heterocycles. The fraction of sp³-hybridized carbons (Fsp3) is 0.588. The van der Waals surface area contributed by atoms with Crippen molar-refractivity contribution in [3.63, 3.8) is 0 Å². The molecule has 13 heteroatoms. The first-order chi connectivity index (χ1) is 22.9. The molecule has 0 bridgehead atoms. The molecule has 1 aromatic rings. The first-order valence-electron chi connectivity index (χ1n) is 16.9. The first kappa shape index (κ1) is 34.6. The number of halogens is 1. The van der Waals surface area contributed by atoms with Gasteiger partial charge in [0.05, 0.1) is 6.26 Å². The highest BCUT2D eigenvalue weighted by molar-refractivity contribution is 6.19. The van der Waals surface area contributed by atoms with Crippen LogP contribution in [0.25, 0.3) is 0 Å². The van der Waals surface area contributed by atoms with E-state index in [-0.39, 0.29) is 36.3 Å². The van der Waals surface area contributed by atoms with Gasteiger partial charge < -0.3 is 40.3 Å². The zero-order valence-electron chi connectivity index (χ0n) is 27.3. The minimum Gasteiger partial charge on any atom is -0.418 e. The number of nitrogens with one attached hydrogen (secondary N) is 3. The van der Waals surface area contributed by atoms with Gasteiger partial charge >= 0.3 is 18.2 Å². The van der Waals surface area contributed by atoms with Gasteiger partial charge in [-0.2, -0.15) is 0 Å². The molecule has 4 heterocycles. The maximum atomic E-state index is 14.0. The van der Waals surface area contributed by atoms with Crippen molar-refractivity contribution in [2.45, 2.75) is 76.0 Å². The largest absolute Gasteiger partial charge is 0.418 e. The number of urea groups is 2. The molecule has 12 nitrogen and oxygen atoms in total. The topological polar surface area (TPSA) is 127 Å². The average Bonchev–Trinajstić information content (AvgIpc) is 3.11. The number of amides is 6. The minimum atomic E-state index is -0.824. The number of fused-ring (bicyclic) bond motifs is 1. The fourth-order valence-electron chi connectivity index (χ4n) is 7.09. The molecule has 1 atom stereocenters. The van der Waals surface area contributed by atoms with E-state index >= 15 is 0 Å². The van der Waals surface area contributed by atoms with Gasteiger partial charge in [0, 0.05) is 69.8 Å². The van der Waals surface area contributed by atoms with E-state index in [2.05, 4.69) is 20.9 Å². The second-order valence-corrected chi connectivity index (χ2v) is 13.0. The van der Waals surface area contributed by atoms with Gasteiger partial charge in [0.1, 0.15) is 6.04 Å². The molecule has 47 heavy (non-hydrogen) atoms. The van der Waals surface area contributed by atoms with E-state index in [0.29, 0.717) is 57.2 Å². The van der Waals surface area contributed by atoms with Crippen LogP contribution in [0.4, 0.5) is 20.1 Å². The molecule has 256 valence electrons. The van der Waals surface area contributed by atoms with E-state index in [9.17, 15) is 19.2 Å². The molecule has 5 rings (SSSR count). The van der Waals surface area contributed by atoms with Gasteiger partial charge in [-0.3, -0.25) is 4.79 Å². The second-order valence-electron chi connectivity index (χ2n) is 12.7. The van der Waals surface area contributed by atoms with Crippen molar-refractivity contribution >= 4 is 41.4 Å². The fourth-order valence-corrected chi connectivity index (χ4v) is 7.29. The molecule has 6 amide bonds. The number of carbonyl (C=O) groups is 4. The van der Waals surface area contributed by atoms with Crippen LogP contribution in [-0.2, 0) is 16.1 Å². The van der Waals surface area contributed by atoms with Gasteiger partial charge in [-0.25, -0.2) is 14.4 Å². The highest BCUT2D eigenvalue weighted by atomic mass is 35.5. The van der Waals surface area contributed by atoms with Crippen molar-refractivity contribution in [1.82, 2.24) is 30.2 Å². The number of alkyl carbamates (subject to hydrolysis) is 1. The molecule has 3 N–H and O–H groups in total. The van der Waals surface area contributed by atoms with Gasteiger partial charge in [0.25, 0.3) is 0 Å². The van der Waals surface area contributed by atoms with Crippen molar-refractivity contribution in [2.75, 3.05) is 57.5 Å². The Balaban J connectivity index is 1.22. The Morgan fingerprint density at radius 3 is 2.36 bits per heavy atom. The quantitative estimate of drug-likeness (QED) is 0.202. The van der Waals surface area contributed by atoms with E-state index in [0.717, 1.165) is 37.2 Å². The zero-order chi connectivity index (χ0) is 33.2. The Hall–Kier alpha value is -3.77. The monoisotopic (exact) mass is 669 g/mol. The lowest BCUT2D eigenvalue weighted by atomic mass is 9.98. The summed E-state index contributed by atoms with van der Waals surface area (Å²) in [5.74, 6) is 0.0627. The van der Waals surface area contributed by atoms with Gasteiger partial charge in [-0.1, -0.05) is 30.7 Å². The van der Waals surface area contributed by atoms with Gasteiger partial charge in [-0.15, -0.1) is 11.6 Å². The molecular weight excluding hydrogens is 622 g/mol. The number of nitrogens with zero attached hydrogens (tertiary/aromatic N) is 4. The summed E-state index contributed by atoms with van der Waals surface area (Å²) in [4.78, 5) is 60.1. The van der Waals surface area contributed by atoms with E-state index in [1.165, 1.54) is 32.6 Å². The summed E-state index contributed by atoms with van der Waals surface area (Å²) in [5, 5.41) is 8.39. The maximum Gasteiger partial charge on any atom is 0.411 e. The van der Waals surface area contributed by atoms with Crippen LogP contribution in [0.3, 0.4) is 0 Å². The summed E-state index contributed by atoms with van der Waals surface area (Å²) in [6, 6.07) is 7.04. The highest BCUT2D eigenvalue weighted by Gasteiger charge is 2.35. The number of ether oxygens (including phenoxy) is 1. The molecule has 0 aliphatic carbocycles. The number of allylic oxidation sites excluding steroid dienone is 2. The van der Waals surface area contributed by atoms with Crippen LogP contribution in [0, 0.1) is 0 Å². The number of para-hydroxylation sites is 1. The normalized spacial score (nSPS) is 20.9. The first-order valence-corrected chi connectivity index (χ1v) is 17.4. The standard InChI is InChI=1S/C34H48ClN7O5/c1-36-34(46)47-22-14-25(9-15-35)23-30(31(43)40-18-10-27(11-19-40)39-16-5-2-6-17-39)38-32(44)41-20-12-28(13-21-41)42-24-26-7-3-4-8-29(26)37-33(42)45/h3-4,7-9,14,22,27-28,30H,2,5-6,10-13,15-21,23-24H2,1H3,(H,36,46)(H,37,45)(H,38,44)/b22-14+,25-9+. The smallest absolute Gasteiger partial charge is 0.411 e. The van der Waals surface area contributed by atoms with Crippen LogP contribution in [0.1, 0.15) is 56.9 Å². The predicted molar refractivity (Wildman–Crippen MR) is 181 cm³/mol. The lowest BCUT2D eigenvalue weighted by molar-refractivity contribution is -0.134. The van der Waals surface area contributed by atoms with Gasteiger partial charge in [0.2, 0.25) is 5.91 Å². The molecule has 3 saturated heterocycles. The lowest BCUT2D eigenvalue weighted by Gasteiger charge is -2.42. The summed E-state index contributed by atoms with van der Waals surface area (Å²) < 4.78 is 5.02. The lowest BCUT2D eigenvalue weighted by Crippen LogP contribution is -2.57. The predicted octanol–water partition coefficient (Wildman–Crippen LogP) is 4.48. The zero-order valence-corrected chi connectivity index (χ0v) is 28.1. The average molecular weight is 670 g/mol. The van der Waals surface area contributed by atoms with Crippen LogP contribution in [0.2, 0.25) is 0 Å². The Bertz CT molecular complexity index is 1320. The van der Waals surface area contributed by atoms with Crippen molar-refractivity contribution in [3.8, 4) is 0 Å². The number of hydrogen-bond donors (Lipinski definition) is 3. The third kappa shape index (κ3) is 9.19. The number of piperidine rings is 3. The Morgan fingerprint density at radius 1 is 0.979 bits per heavy atom. The minimum absolute atomic E-state index is 0.00903. The highest BCUT2D eigenvalue weighted by Crippen LogP contribution is 2.28. The molecule has 3 fully saturated rings. The molecular formula is C34H48ClN7O5. The van der Waals surface area contributed by atoms with Crippen molar-refractivity contribution in [2.24, 2.45) is 0 Å². The summed E-state index contributed by atoms with van der Waals surface area (Å²) in [6.07, 6.45) is 11.0. The van der Waals surface area contributed by atoms with Crippen LogP contribution in [0.15, 0.2) is 48.3 Å². The summed E-state index contributed by atoms with van der Waals surface area (Å²) >= 11 is 6.05. The van der Waals surface area contributed by atoms with Crippen molar-refractivity contribution in [1.29, 1.82) is 0 Å². The van der Waals surface area contributed by atoms with Gasteiger partial charge in [0.15, 0.2) is 0 Å². The number of carbonyl (C=O) groups excluding carboxylic acids is 4. The van der Waals surface area contributed by atoms with Crippen LogP contribution >= 0.6 is 11.6 Å². The summed E-state index contributed by atoms with van der Waals surface area (Å²) in [5.41, 5.74) is 2.58. The molecule has 1 unspecified atom stereocenters. The molecule has 0 aromatic heterocycles. The van der Waals surface area contributed by atoms with Crippen LogP contribution in [-0.4, -0.2) is 114 Å². The maximum absolute atomic E-state index is 14.0. The molecule has 0 radical (unpaired) electrons. The van der Waals surface area contributed by atoms with E-state index in [4.69, 9.17) is 16.3 Å². The third-order valence-corrected chi connectivity index (χ3v) is 9.93. The Labute approximate surface area is 282 Å². The van der Waals surface area contributed by atoms with E-state index in [1.807, 2.05) is 34.1 Å². The third-order valence-electron chi connectivity index (χ3n) is 9.77. The number of hydrogen-bond acceptors (Lipinski definition) is 6. The van der Waals surface area contributed by atoms with E-state index in [1.54, 1.807) is 17.1 Å². The molecule has 0 spiro atoms. The number of anilines is 1. The Kier molecular flexibility index (Phi) is 12.4. The molecule has 1 aromatic carbocycles. The SMILES string of the molecule is CNC(=O)O/C=C/C(=C\CCl)CC(NC(=O)N1CCC(N2Cc3ccccc3NC2=O)CC1)C(=O)N1CCC(N2CCCCC2)CC1. The van der Waals surface area contributed by atoms with Crippen molar-refractivity contribution < 1.29 is 23.9 Å². The number of likely N-dealkylation sites (tertiary alicyclic amines) is 3. The Morgan fingerprint density at radius 2 is 1.66 bits per heavy atom. The number of rotatable bonds is 9. The van der Waals surface area contributed by atoms with Crippen LogP contribution < -0.4 is 16.0 Å². The second kappa shape index (κ2) is 16.9. The van der Waals surface area contributed by atoms with E-state index < -0.39 is 12.1 Å². The number of benzene rings is 1.